The lowest BCUT2D eigenvalue weighted by molar-refractivity contribution is 0.0632. The van der Waals surface area contributed by atoms with Crippen molar-refractivity contribution < 1.29 is 14.3 Å². The second-order valence-corrected chi connectivity index (χ2v) is 5.61. The topological polar surface area (TPSA) is 40.5 Å². The molecule has 1 N–H and O–H groups in total. The summed E-state index contributed by atoms with van der Waals surface area (Å²) in [5.74, 6) is -0.869. The van der Waals surface area contributed by atoms with E-state index in [0.29, 0.717) is 4.47 Å². The molecule has 0 aromatic heterocycles. The van der Waals surface area contributed by atoms with Gasteiger partial charge in [0.2, 0.25) is 0 Å². The summed E-state index contributed by atoms with van der Waals surface area (Å²) in [5, 5.41) is 9.13. The molecular weight excluding hydrogens is 313 g/mol. The van der Waals surface area contributed by atoms with E-state index in [0.717, 1.165) is 25.7 Å². The fourth-order valence-electron chi connectivity index (χ4n) is 2.62. The SMILES string of the molecule is O=C(c1c(F)cccc1Br)N(CCO)C1CCCC1. The lowest BCUT2D eigenvalue weighted by atomic mass is 10.1. The summed E-state index contributed by atoms with van der Waals surface area (Å²) < 4.78 is 14.3. The maximum atomic E-state index is 13.8. The van der Waals surface area contributed by atoms with Crippen molar-refractivity contribution in [3.63, 3.8) is 0 Å². The van der Waals surface area contributed by atoms with E-state index in [1.165, 1.54) is 6.07 Å². The maximum Gasteiger partial charge on any atom is 0.258 e. The van der Waals surface area contributed by atoms with E-state index in [9.17, 15) is 9.18 Å². The molecule has 1 aromatic rings. The largest absolute Gasteiger partial charge is 0.395 e. The van der Waals surface area contributed by atoms with Gasteiger partial charge >= 0.3 is 0 Å². The third-order valence-electron chi connectivity index (χ3n) is 3.54. The first-order chi connectivity index (χ1) is 9.15. The number of nitrogens with zero attached hydrogens (tertiary/aromatic N) is 1. The van der Waals surface area contributed by atoms with E-state index >= 15 is 0 Å². The second-order valence-electron chi connectivity index (χ2n) is 4.76. The van der Waals surface area contributed by atoms with Gasteiger partial charge in [-0.1, -0.05) is 18.9 Å². The van der Waals surface area contributed by atoms with Crippen LogP contribution in [0.2, 0.25) is 0 Å². The second kappa shape index (κ2) is 6.48. The quantitative estimate of drug-likeness (QED) is 0.922. The van der Waals surface area contributed by atoms with Crippen molar-refractivity contribution in [1.82, 2.24) is 4.90 Å². The van der Waals surface area contributed by atoms with Crippen LogP contribution >= 0.6 is 15.9 Å². The molecule has 5 heteroatoms. The molecule has 0 saturated heterocycles. The van der Waals surface area contributed by atoms with Gasteiger partial charge in [-0.15, -0.1) is 0 Å². The molecule has 1 fully saturated rings. The highest BCUT2D eigenvalue weighted by Gasteiger charge is 2.29. The van der Waals surface area contributed by atoms with Crippen molar-refractivity contribution in [2.45, 2.75) is 31.7 Å². The number of amides is 1. The molecule has 0 spiro atoms. The van der Waals surface area contributed by atoms with Crippen LogP contribution in [0.5, 0.6) is 0 Å². The summed E-state index contributed by atoms with van der Waals surface area (Å²) in [6.45, 7) is 0.151. The van der Waals surface area contributed by atoms with Gasteiger partial charge in [0.25, 0.3) is 5.91 Å². The van der Waals surface area contributed by atoms with Crippen LogP contribution in [0.3, 0.4) is 0 Å². The van der Waals surface area contributed by atoms with Crippen LogP contribution in [-0.2, 0) is 0 Å². The lowest BCUT2D eigenvalue weighted by Crippen LogP contribution is -2.41. The van der Waals surface area contributed by atoms with Crippen molar-refractivity contribution in [3.8, 4) is 0 Å². The molecule has 0 radical (unpaired) electrons. The van der Waals surface area contributed by atoms with Crippen molar-refractivity contribution in [2.24, 2.45) is 0 Å². The number of aliphatic hydroxyl groups is 1. The Morgan fingerprint density at radius 1 is 1.42 bits per heavy atom. The van der Waals surface area contributed by atoms with E-state index < -0.39 is 5.82 Å². The monoisotopic (exact) mass is 329 g/mol. The first-order valence-electron chi connectivity index (χ1n) is 6.51. The standard InChI is InChI=1S/C14H17BrFNO2/c15-11-6-3-7-12(16)13(11)14(19)17(8-9-18)10-4-1-2-5-10/h3,6-7,10,18H,1-2,4-5,8-9H2. The van der Waals surface area contributed by atoms with Crippen molar-refractivity contribution in [1.29, 1.82) is 0 Å². The van der Waals surface area contributed by atoms with Gasteiger partial charge in [0.1, 0.15) is 5.82 Å². The van der Waals surface area contributed by atoms with E-state index in [1.54, 1.807) is 17.0 Å². The number of hydrogen-bond donors (Lipinski definition) is 1. The van der Waals surface area contributed by atoms with Crippen LogP contribution < -0.4 is 0 Å². The minimum atomic E-state index is -0.527. The van der Waals surface area contributed by atoms with Crippen molar-refractivity contribution in [2.75, 3.05) is 13.2 Å². The fraction of sp³-hybridized carbons (Fsp3) is 0.500. The summed E-state index contributed by atoms with van der Waals surface area (Å²) in [4.78, 5) is 14.1. The Kier molecular flexibility index (Phi) is 4.93. The van der Waals surface area contributed by atoms with Gasteiger partial charge in [-0.2, -0.15) is 0 Å². The molecule has 0 atom stereocenters. The Labute approximate surface area is 120 Å². The number of hydrogen-bond acceptors (Lipinski definition) is 2. The Hall–Kier alpha value is -0.940. The van der Waals surface area contributed by atoms with Crippen LogP contribution in [0.15, 0.2) is 22.7 Å². The minimum Gasteiger partial charge on any atom is -0.395 e. The average Bonchev–Trinajstić information content (AvgIpc) is 2.89. The molecule has 104 valence electrons. The number of aliphatic hydroxyl groups excluding tert-OH is 1. The summed E-state index contributed by atoms with van der Waals surface area (Å²) in [5.41, 5.74) is 0.0582. The first kappa shape index (κ1) is 14.5. The van der Waals surface area contributed by atoms with Gasteiger partial charge in [0, 0.05) is 17.1 Å². The summed E-state index contributed by atoms with van der Waals surface area (Å²) >= 11 is 3.23. The Morgan fingerprint density at radius 2 is 2.11 bits per heavy atom. The number of carbonyl (C=O) groups is 1. The third kappa shape index (κ3) is 3.15. The van der Waals surface area contributed by atoms with Gasteiger partial charge in [-0.05, 0) is 40.9 Å². The number of rotatable bonds is 4. The molecule has 1 saturated carbocycles. The third-order valence-corrected chi connectivity index (χ3v) is 4.20. The Balaban J connectivity index is 2.28. The molecule has 2 rings (SSSR count). The zero-order chi connectivity index (χ0) is 13.8. The highest BCUT2D eigenvalue weighted by atomic mass is 79.9. The molecule has 0 bridgehead atoms. The predicted octanol–water partition coefficient (Wildman–Crippen LogP) is 2.97. The lowest BCUT2D eigenvalue weighted by Gasteiger charge is -2.28. The van der Waals surface area contributed by atoms with Crippen molar-refractivity contribution >= 4 is 21.8 Å². The van der Waals surface area contributed by atoms with Crippen molar-refractivity contribution in [3.05, 3.63) is 34.1 Å². The predicted molar refractivity (Wildman–Crippen MR) is 74.5 cm³/mol. The molecule has 1 aromatic carbocycles. The van der Waals surface area contributed by atoms with Gasteiger partial charge < -0.3 is 10.0 Å². The van der Waals surface area contributed by atoms with E-state index in [-0.39, 0.29) is 30.7 Å². The van der Waals surface area contributed by atoms with E-state index in [4.69, 9.17) is 5.11 Å². The van der Waals surface area contributed by atoms with E-state index in [2.05, 4.69) is 15.9 Å². The van der Waals surface area contributed by atoms with Crippen LogP contribution in [-0.4, -0.2) is 35.1 Å². The summed E-state index contributed by atoms with van der Waals surface area (Å²) in [6.07, 6.45) is 4.02. The summed E-state index contributed by atoms with van der Waals surface area (Å²) in [6, 6.07) is 4.61. The molecule has 0 unspecified atom stereocenters. The molecule has 1 amide bonds. The Morgan fingerprint density at radius 3 is 2.68 bits per heavy atom. The first-order valence-corrected chi connectivity index (χ1v) is 7.30. The van der Waals surface area contributed by atoms with E-state index in [1.807, 2.05) is 0 Å². The van der Waals surface area contributed by atoms with Crippen LogP contribution in [0, 0.1) is 5.82 Å². The Bertz CT molecular complexity index is 441. The molecule has 1 aliphatic carbocycles. The highest BCUT2D eigenvalue weighted by molar-refractivity contribution is 9.10. The maximum absolute atomic E-state index is 13.8. The zero-order valence-corrected chi connectivity index (χ0v) is 12.2. The number of carbonyl (C=O) groups excluding carboxylic acids is 1. The molecule has 1 aliphatic rings. The molecule has 19 heavy (non-hydrogen) atoms. The summed E-state index contributed by atoms with van der Waals surface area (Å²) in [7, 11) is 0. The minimum absolute atomic E-state index is 0.0582. The van der Waals surface area contributed by atoms with Gasteiger partial charge in [0.05, 0.1) is 12.2 Å². The number of benzene rings is 1. The van der Waals surface area contributed by atoms with Crippen LogP contribution in [0.1, 0.15) is 36.0 Å². The van der Waals surface area contributed by atoms with Crippen LogP contribution in [0.4, 0.5) is 4.39 Å². The van der Waals surface area contributed by atoms with Crippen LogP contribution in [0.25, 0.3) is 0 Å². The molecular formula is C14H17BrFNO2. The number of halogens is 2. The average molecular weight is 330 g/mol. The van der Waals surface area contributed by atoms with Gasteiger partial charge in [-0.25, -0.2) is 4.39 Å². The smallest absolute Gasteiger partial charge is 0.258 e. The normalized spacial score (nSPS) is 15.7. The molecule has 0 aliphatic heterocycles. The molecule has 3 nitrogen and oxygen atoms in total. The highest BCUT2D eigenvalue weighted by Crippen LogP contribution is 2.27. The zero-order valence-electron chi connectivity index (χ0n) is 10.6. The van der Waals surface area contributed by atoms with Gasteiger partial charge in [-0.3, -0.25) is 4.79 Å². The fourth-order valence-corrected chi connectivity index (χ4v) is 3.13. The molecule has 0 heterocycles. The van der Waals surface area contributed by atoms with Gasteiger partial charge in [0.15, 0.2) is 0 Å².